The van der Waals surface area contributed by atoms with Crippen LogP contribution in [-0.4, -0.2) is 11.2 Å². The molecule has 0 aromatic heterocycles. The molecule has 64 valence electrons. The average Bonchev–Trinajstić information content (AvgIpc) is 2.45. The topological polar surface area (TPSA) is 20.2 Å². The van der Waals surface area contributed by atoms with Gasteiger partial charge >= 0.3 is 0 Å². The molecule has 0 atom stereocenters. The zero-order valence-electron chi connectivity index (χ0n) is 7.18. The highest BCUT2D eigenvalue weighted by molar-refractivity contribution is 4.89. The van der Waals surface area contributed by atoms with Gasteiger partial charge in [0, 0.05) is 0 Å². The molecule has 1 N–H and O–H groups in total. The smallest absolute Gasteiger partial charge is 0.0540 e. The minimum absolute atomic E-state index is 0.0289. The first-order valence-corrected chi connectivity index (χ1v) is 4.99. The summed E-state index contributed by atoms with van der Waals surface area (Å²) < 4.78 is 0. The third-order valence-corrected chi connectivity index (χ3v) is 3.68. The van der Waals surface area contributed by atoms with Gasteiger partial charge in [0.25, 0.3) is 0 Å². The third kappa shape index (κ3) is 1.44. The molecule has 1 nitrogen and oxygen atoms in total. The molecule has 2 rings (SSSR count). The van der Waals surface area contributed by atoms with Crippen molar-refractivity contribution in [2.75, 3.05) is 0 Å². The summed E-state index contributed by atoms with van der Waals surface area (Å²) in [5.74, 6) is 0. The van der Waals surface area contributed by atoms with Gasteiger partial charge in [-0.2, -0.15) is 0 Å². The average molecular weight is 154 g/mol. The number of hydrogen-bond acceptors (Lipinski definition) is 1. The Kier molecular flexibility index (Phi) is 1.92. The Morgan fingerprint density at radius 1 is 0.909 bits per heavy atom. The lowest BCUT2D eigenvalue weighted by Gasteiger charge is -2.35. The van der Waals surface area contributed by atoms with E-state index in [1.807, 2.05) is 0 Å². The van der Waals surface area contributed by atoms with Crippen molar-refractivity contribution in [3.05, 3.63) is 0 Å². The van der Waals surface area contributed by atoms with Crippen LogP contribution in [0, 0.1) is 5.41 Å². The zero-order valence-corrected chi connectivity index (χ0v) is 7.18. The zero-order chi connectivity index (χ0) is 7.73. The van der Waals surface area contributed by atoms with Gasteiger partial charge < -0.3 is 5.11 Å². The van der Waals surface area contributed by atoms with Crippen molar-refractivity contribution in [2.45, 2.75) is 57.5 Å². The number of aliphatic hydroxyl groups is 1. The first-order chi connectivity index (χ1) is 5.31. The molecular formula is C10H18O. The molecule has 1 spiro atoms. The second-order valence-corrected chi connectivity index (χ2v) is 4.44. The number of hydrogen-bond donors (Lipinski definition) is 1. The molecule has 2 aliphatic carbocycles. The molecule has 11 heavy (non-hydrogen) atoms. The summed E-state index contributed by atoms with van der Waals surface area (Å²) in [5.41, 5.74) is 0.694. The summed E-state index contributed by atoms with van der Waals surface area (Å²) in [6, 6.07) is 0. The largest absolute Gasteiger partial charge is 0.393 e. The lowest BCUT2D eigenvalue weighted by atomic mass is 9.72. The van der Waals surface area contributed by atoms with E-state index in [4.69, 9.17) is 0 Å². The molecule has 2 aliphatic rings. The maximum absolute atomic E-state index is 9.35. The molecule has 0 radical (unpaired) electrons. The van der Waals surface area contributed by atoms with Gasteiger partial charge in [0.05, 0.1) is 6.10 Å². The van der Waals surface area contributed by atoms with E-state index in [0.717, 1.165) is 12.8 Å². The Morgan fingerprint density at radius 3 is 2.00 bits per heavy atom. The van der Waals surface area contributed by atoms with Gasteiger partial charge in [0.2, 0.25) is 0 Å². The second kappa shape index (κ2) is 2.78. The van der Waals surface area contributed by atoms with Crippen LogP contribution in [0.2, 0.25) is 0 Å². The predicted octanol–water partition coefficient (Wildman–Crippen LogP) is 2.48. The van der Waals surface area contributed by atoms with Crippen LogP contribution in [0.15, 0.2) is 0 Å². The number of aliphatic hydroxyl groups excluding tert-OH is 1. The van der Waals surface area contributed by atoms with Crippen LogP contribution in [0.1, 0.15) is 51.4 Å². The van der Waals surface area contributed by atoms with Crippen LogP contribution >= 0.6 is 0 Å². The van der Waals surface area contributed by atoms with E-state index in [2.05, 4.69) is 0 Å². The molecule has 2 saturated carbocycles. The van der Waals surface area contributed by atoms with Crippen molar-refractivity contribution < 1.29 is 5.11 Å². The first-order valence-electron chi connectivity index (χ1n) is 4.99. The molecule has 2 fully saturated rings. The predicted molar refractivity (Wildman–Crippen MR) is 45.4 cm³/mol. The van der Waals surface area contributed by atoms with Gasteiger partial charge in [-0.25, -0.2) is 0 Å². The molecule has 1 heteroatoms. The lowest BCUT2D eigenvalue weighted by molar-refractivity contribution is 0.0657. The van der Waals surface area contributed by atoms with E-state index in [1.54, 1.807) is 0 Å². The summed E-state index contributed by atoms with van der Waals surface area (Å²) in [5, 5.41) is 9.35. The Morgan fingerprint density at radius 2 is 1.45 bits per heavy atom. The van der Waals surface area contributed by atoms with Gasteiger partial charge in [-0.3, -0.25) is 0 Å². The molecule has 0 heterocycles. The van der Waals surface area contributed by atoms with Gasteiger partial charge in [-0.05, 0) is 43.9 Å². The summed E-state index contributed by atoms with van der Waals surface area (Å²) in [4.78, 5) is 0. The molecular weight excluding hydrogens is 136 g/mol. The molecule has 0 saturated heterocycles. The molecule has 0 aromatic carbocycles. The van der Waals surface area contributed by atoms with E-state index >= 15 is 0 Å². The Hall–Kier alpha value is -0.0400. The standard InChI is InChI=1S/C10H18O/c11-9-3-7-10(8-4-9)5-1-2-6-10/h9,11H,1-8H2. The Labute approximate surface area is 68.8 Å². The Bertz CT molecular complexity index is 126. The van der Waals surface area contributed by atoms with E-state index in [-0.39, 0.29) is 6.10 Å². The van der Waals surface area contributed by atoms with Crippen molar-refractivity contribution in [3.8, 4) is 0 Å². The molecule has 0 amide bonds. The number of rotatable bonds is 0. The summed E-state index contributed by atoms with van der Waals surface area (Å²) >= 11 is 0. The van der Waals surface area contributed by atoms with Gasteiger partial charge in [0.1, 0.15) is 0 Å². The fraction of sp³-hybridized carbons (Fsp3) is 1.00. The van der Waals surface area contributed by atoms with Crippen molar-refractivity contribution in [3.63, 3.8) is 0 Å². The summed E-state index contributed by atoms with van der Waals surface area (Å²) in [7, 11) is 0. The molecule has 0 aromatic rings. The van der Waals surface area contributed by atoms with Crippen molar-refractivity contribution >= 4 is 0 Å². The van der Waals surface area contributed by atoms with Crippen molar-refractivity contribution in [2.24, 2.45) is 5.41 Å². The third-order valence-electron chi connectivity index (χ3n) is 3.68. The van der Waals surface area contributed by atoms with Crippen LogP contribution in [-0.2, 0) is 0 Å². The highest BCUT2D eigenvalue weighted by Crippen LogP contribution is 2.48. The van der Waals surface area contributed by atoms with Gasteiger partial charge in [-0.1, -0.05) is 12.8 Å². The summed E-state index contributed by atoms with van der Waals surface area (Å²) in [6.45, 7) is 0. The quantitative estimate of drug-likeness (QED) is 0.568. The minimum atomic E-state index is 0.0289. The van der Waals surface area contributed by atoms with E-state index in [9.17, 15) is 5.11 Å². The molecule has 0 aliphatic heterocycles. The van der Waals surface area contributed by atoms with Crippen LogP contribution in [0.4, 0.5) is 0 Å². The summed E-state index contributed by atoms with van der Waals surface area (Å²) in [6.07, 6.45) is 10.5. The van der Waals surface area contributed by atoms with Crippen molar-refractivity contribution in [1.29, 1.82) is 0 Å². The first kappa shape index (κ1) is 7.60. The fourth-order valence-corrected chi connectivity index (χ4v) is 2.84. The second-order valence-electron chi connectivity index (χ2n) is 4.44. The van der Waals surface area contributed by atoms with Gasteiger partial charge in [-0.15, -0.1) is 0 Å². The van der Waals surface area contributed by atoms with E-state index in [0.29, 0.717) is 5.41 Å². The molecule has 0 bridgehead atoms. The van der Waals surface area contributed by atoms with Gasteiger partial charge in [0.15, 0.2) is 0 Å². The van der Waals surface area contributed by atoms with Crippen molar-refractivity contribution in [1.82, 2.24) is 0 Å². The highest BCUT2D eigenvalue weighted by atomic mass is 16.3. The molecule has 0 unspecified atom stereocenters. The minimum Gasteiger partial charge on any atom is -0.393 e. The lowest BCUT2D eigenvalue weighted by Crippen LogP contribution is -2.26. The highest BCUT2D eigenvalue weighted by Gasteiger charge is 2.36. The SMILES string of the molecule is OC1CCC2(CCCC2)CC1. The normalized spacial score (nSPS) is 31.4. The maximum Gasteiger partial charge on any atom is 0.0540 e. The maximum atomic E-state index is 9.35. The van der Waals surface area contributed by atoms with E-state index < -0.39 is 0 Å². The van der Waals surface area contributed by atoms with Crippen LogP contribution in [0.3, 0.4) is 0 Å². The van der Waals surface area contributed by atoms with Crippen LogP contribution in [0.5, 0.6) is 0 Å². The monoisotopic (exact) mass is 154 g/mol. The Balaban J connectivity index is 1.94. The van der Waals surface area contributed by atoms with Crippen LogP contribution in [0.25, 0.3) is 0 Å². The van der Waals surface area contributed by atoms with Crippen LogP contribution < -0.4 is 0 Å². The van der Waals surface area contributed by atoms with E-state index in [1.165, 1.54) is 38.5 Å². The fourth-order valence-electron chi connectivity index (χ4n) is 2.84.